The van der Waals surface area contributed by atoms with Crippen molar-refractivity contribution < 1.29 is 4.79 Å². The number of amides is 1. The molecule has 1 aliphatic rings. The van der Waals surface area contributed by atoms with Gasteiger partial charge in [-0.25, -0.2) is 0 Å². The maximum atomic E-state index is 12.4. The summed E-state index contributed by atoms with van der Waals surface area (Å²) in [5, 5.41) is 4.26. The number of nitrogens with zero attached hydrogens (tertiary/aromatic N) is 3. The van der Waals surface area contributed by atoms with Crippen molar-refractivity contribution in [1.82, 2.24) is 9.80 Å². The SMILES string of the molecule is CN(C)c1ccc(CN2CCCN(CC(=O)Nc3ccccc3Cl)CC2)c(Cl)c1. The van der Waals surface area contributed by atoms with Gasteiger partial charge in [-0.05, 0) is 49.3 Å². The zero-order chi connectivity index (χ0) is 20.8. The summed E-state index contributed by atoms with van der Waals surface area (Å²) in [6.45, 7) is 4.85. The first-order valence-electron chi connectivity index (χ1n) is 9.87. The topological polar surface area (TPSA) is 38.8 Å². The Bertz CT molecular complexity index is 843. The normalized spacial score (nSPS) is 15.7. The van der Waals surface area contributed by atoms with Crippen molar-refractivity contribution in [1.29, 1.82) is 0 Å². The van der Waals surface area contributed by atoms with Gasteiger partial charge in [-0.1, -0.05) is 41.4 Å². The molecule has 7 heteroatoms. The lowest BCUT2D eigenvalue weighted by atomic mass is 10.2. The smallest absolute Gasteiger partial charge is 0.238 e. The Kier molecular flexibility index (Phi) is 7.78. The molecule has 0 radical (unpaired) electrons. The molecular weight excluding hydrogens is 407 g/mol. The number of halogens is 2. The van der Waals surface area contributed by atoms with Gasteiger partial charge in [0.15, 0.2) is 0 Å². The third-order valence-corrected chi connectivity index (χ3v) is 5.82. The second kappa shape index (κ2) is 10.3. The monoisotopic (exact) mass is 434 g/mol. The molecule has 0 bridgehead atoms. The Labute approximate surface area is 183 Å². The number of carbonyl (C=O) groups excluding carboxylic acids is 1. The molecule has 156 valence electrons. The van der Waals surface area contributed by atoms with Gasteiger partial charge >= 0.3 is 0 Å². The number of hydrogen-bond donors (Lipinski definition) is 1. The van der Waals surface area contributed by atoms with E-state index in [1.165, 1.54) is 0 Å². The number of para-hydroxylation sites is 1. The number of rotatable bonds is 6. The minimum Gasteiger partial charge on any atom is -0.378 e. The van der Waals surface area contributed by atoms with Gasteiger partial charge in [0.1, 0.15) is 0 Å². The highest BCUT2D eigenvalue weighted by Crippen LogP contribution is 2.24. The van der Waals surface area contributed by atoms with Crippen LogP contribution in [0.25, 0.3) is 0 Å². The van der Waals surface area contributed by atoms with Gasteiger partial charge in [0, 0.05) is 44.4 Å². The van der Waals surface area contributed by atoms with Crippen LogP contribution in [0.2, 0.25) is 10.0 Å². The first-order valence-corrected chi connectivity index (χ1v) is 10.6. The van der Waals surface area contributed by atoms with Crippen molar-refractivity contribution in [3.05, 3.63) is 58.1 Å². The van der Waals surface area contributed by atoms with Gasteiger partial charge in [-0.3, -0.25) is 14.6 Å². The van der Waals surface area contributed by atoms with E-state index in [-0.39, 0.29) is 5.91 Å². The lowest BCUT2D eigenvalue weighted by Gasteiger charge is -2.22. The van der Waals surface area contributed by atoms with E-state index in [1.54, 1.807) is 6.07 Å². The molecule has 1 aliphatic heterocycles. The van der Waals surface area contributed by atoms with Crippen LogP contribution in [0, 0.1) is 0 Å². The van der Waals surface area contributed by atoms with E-state index in [0.717, 1.165) is 55.4 Å². The Morgan fingerprint density at radius 2 is 1.72 bits per heavy atom. The molecule has 0 atom stereocenters. The molecule has 1 saturated heterocycles. The summed E-state index contributed by atoms with van der Waals surface area (Å²) in [5.41, 5.74) is 2.90. The van der Waals surface area contributed by atoms with Crippen molar-refractivity contribution in [3.63, 3.8) is 0 Å². The second-order valence-corrected chi connectivity index (χ2v) is 8.42. The molecule has 2 aromatic rings. The van der Waals surface area contributed by atoms with E-state index in [4.69, 9.17) is 23.2 Å². The van der Waals surface area contributed by atoms with E-state index in [2.05, 4.69) is 27.2 Å². The van der Waals surface area contributed by atoms with Crippen LogP contribution in [0.1, 0.15) is 12.0 Å². The van der Waals surface area contributed by atoms with Crippen LogP contribution in [0.4, 0.5) is 11.4 Å². The molecule has 1 amide bonds. The van der Waals surface area contributed by atoms with Crippen LogP contribution >= 0.6 is 23.2 Å². The zero-order valence-electron chi connectivity index (χ0n) is 17.0. The minimum atomic E-state index is -0.0335. The van der Waals surface area contributed by atoms with Gasteiger partial charge < -0.3 is 10.2 Å². The Morgan fingerprint density at radius 1 is 1.00 bits per heavy atom. The third kappa shape index (κ3) is 6.34. The molecule has 0 unspecified atom stereocenters. The molecule has 0 aliphatic carbocycles. The summed E-state index contributed by atoms with van der Waals surface area (Å²) in [5.74, 6) is -0.0335. The summed E-state index contributed by atoms with van der Waals surface area (Å²) in [6, 6.07) is 13.5. The summed E-state index contributed by atoms with van der Waals surface area (Å²) in [7, 11) is 4.02. The van der Waals surface area contributed by atoms with Crippen molar-refractivity contribution >= 4 is 40.5 Å². The first-order chi connectivity index (χ1) is 13.9. The highest BCUT2D eigenvalue weighted by molar-refractivity contribution is 6.33. The first kappa shape index (κ1) is 21.9. The van der Waals surface area contributed by atoms with E-state index >= 15 is 0 Å². The quantitative estimate of drug-likeness (QED) is 0.738. The molecule has 1 heterocycles. The van der Waals surface area contributed by atoms with E-state index < -0.39 is 0 Å². The fourth-order valence-electron chi connectivity index (χ4n) is 3.48. The molecule has 0 spiro atoms. The van der Waals surface area contributed by atoms with Crippen LogP contribution in [0.5, 0.6) is 0 Å². The van der Waals surface area contributed by atoms with Crippen molar-refractivity contribution in [2.24, 2.45) is 0 Å². The van der Waals surface area contributed by atoms with Gasteiger partial charge in [-0.2, -0.15) is 0 Å². The molecule has 0 saturated carbocycles. The fourth-order valence-corrected chi connectivity index (χ4v) is 3.90. The standard InChI is InChI=1S/C22H28Cl2N4O/c1-26(2)18-9-8-17(20(24)14-18)15-27-10-5-11-28(13-12-27)16-22(29)25-21-7-4-3-6-19(21)23/h3-4,6-9,14H,5,10-13,15-16H2,1-2H3,(H,25,29). The maximum Gasteiger partial charge on any atom is 0.238 e. The molecule has 1 N–H and O–H groups in total. The Balaban J connectivity index is 1.51. The average Bonchev–Trinajstić information content (AvgIpc) is 2.90. The molecule has 5 nitrogen and oxygen atoms in total. The number of benzene rings is 2. The molecule has 2 aromatic carbocycles. The number of nitrogens with one attached hydrogen (secondary N) is 1. The van der Waals surface area contributed by atoms with Crippen LogP contribution < -0.4 is 10.2 Å². The number of hydrogen-bond acceptors (Lipinski definition) is 4. The molecule has 1 fully saturated rings. The predicted molar refractivity (Wildman–Crippen MR) is 122 cm³/mol. The second-order valence-electron chi connectivity index (χ2n) is 7.60. The van der Waals surface area contributed by atoms with Gasteiger partial charge in [0.05, 0.1) is 17.3 Å². The van der Waals surface area contributed by atoms with Gasteiger partial charge in [0.25, 0.3) is 0 Å². The van der Waals surface area contributed by atoms with Crippen molar-refractivity contribution in [2.75, 3.05) is 57.0 Å². The Hall–Kier alpha value is -1.79. The molecule has 29 heavy (non-hydrogen) atoms. The summed E-state index contributed by atoms with van der Waals surface area (Å²) >= 11 is 12.6. The number of carbonyl (C=O) groups is 1. The largest absolute Gasteiger partial charge is 0.378 e. The summed E-state index contributed by atoms with van der Waals surface area (Å²) in [6.07, 6.45) is 1.02. The summed E-state index contributed by atoms with van der Waals surface area (Å²) in [4.78, 5) is 19.1. The third-order valence-electron chi connectivity index (χ3n) is 5.14. The van der Waals surface area contributed by atoms with E-state index in [0.29, 0.717) is 17.3 Å². The van der Waals surface area contributed by atoms with Crippen LogP contribution in [-0.2, 0) is 11.3 Å². The molecule has 0 aromatic heterocycles. The average molecular weight is 435 g/mol. The van der Waals surface area contributed by atoms with E-state index in [9.17, 15) is 4.79 Å². The van der Waals surface area contributed by atoms with Crippen molar-refractivity contribution in [2.45, 2.75) is 13.0 Å². The van der Waals surface area contributed by atoms with Crippen molar-refractivity contribution in [3.8, 4) is 0 Å². The van der Waals surface area contributed by atoms with Crippen LogP contribution in [0.3, 0.4) is 0 Å². The highest BCUT2D eigenvalue weighted by atomic mass is 35.5. The van der Waals surface area contributed by atoms with Crippen LogP contribution in [-0.4, -0.2) is 62.5 Å². The molecule has 3 rings (SSSR count). The lowest BCUT2D eigenvalue weighted by molar-refractivity contribution is -0.117. The minimum absolute atomic E-state index is 0.0335. The predicted octanol–water partition coefficient (Wildman–Crippen LogP) is 4.21. The maximum absolute atomic E-state index is 12.4. The van der Waals surface area contributed by atoms with Gasteiger partial charge in [0.2, 0.25) is 5.91 Å². The van der Waals surface area contributed by atoms with E-state index in [1.807, 2.05) is 43.3 Å². The summed E-state index contributed by atoms with van der Waals surface area (Å²) < 4.78 is 0. The highest BCUT2D eigenvalue weighted by Gasteiger charge is 2.18. The molecular formula is C22H28Cl2N4O. The lowest BCUT2D eigenvalue weighted by Crippen LogP contribution is -2.36. The van der Waals surface area contributed by atoms with Crippen LogP contribution in [0.15, 0.2) is 42.5 Å². The Morgan fingerprint density at radius 3 is 2.45 bits per heavy atom. The van der Waals surface area contributed by atoms with Gasteiger partial charge in [-0.15, -0.1) is 0 Å². The fraction of sp³-hybridized carbons (Fsp3) is 0.409. The zero-order valence-corrected chi connectivity index (χ0v) is 18.5. The number of anilines is 2.